The summed E-state index contributed by atoms with van der Waals surface area (Å²) >= 11 is 0. The highest BCUT2D eigenvalue weighted by Gasteiger charge is 2.36. The number of carboxylic acid groups (broad SMARTS) is 1. The van der Waals surface area contributed by atoms with Crippen LogP contribution in [0.5, 0.6) is 0 Å². The molecule has 0 saturated heterocycles. The molecule has 4 rings (SSSR count). The van der Waals surface area contributed by atoms with E-state index in [9.17, 15) is 9.59 Å². The van der Waals surface area contributed by atoms with Gasteiger partial charge in [0, 0.05) is 13.5 Å². The maximum absolute atomic E-state index is 12.4. The highest BCUT2D eigenvalue weighted by atomic mass is 16.4. The summed E-state index contributed by atoms with van der Waals surface area (Å²) in [6, 6.07) is 14.1. The van der Waals surface area contributed by atoms with E-state index in [1.165, 1.54) is 5.57 Å². The van der Waals surface area contributed by atoms with E-state index in [2.05, 4.69) is 29.3 Å². The number of amides is 1. The summed E-state index contributed by atoms with van der Waals surface area (Å²) in [7, 11) is 1.75. The molecule has 1 fully saturated rings. The molecule has 1 atom stereocenters. The van der Waals surface area contributed by atoms with Crippen molar-refractivity contribution in [1.29, 1.82) is 0 Å². The molecule has 1 aromatic carbocycles. The number of aromatic nitrogens is 1. The maximum atomic E-state index is 12.4. The monoisotopic (exact) mass is 475 g/mol. The van der Waals surface area contributed by atoms with Crippen molar-refractivity contribution in [1.82, 2.24) is 4.98 Å². The Morgan fingerprint density at radius 2 is 1.91 bits per heavy atom. The average molecular weight is 476 g/mol. The number of rotatable bonds is 8. The second-order valence-corrected chi connectivity index (χ2v) is 8.86. The van der Waals surface area contributed by atoms with Crippen LogP contribution in [-0.2, 0) is 9.59 Å². The van der Waals surface area contributed by atoms with E-state index in [-0.39, 0.29) is 24.9 Å². The largest absolute Gasteiger partial charge is 0.481 e. The van der Waals surface area contributed by atoms with Crippen LogP contribution >= 0.6 is 0 Å². The number of allylic oxidation sites excluding steroid dienone is 1. The number of carboxylic acids is 1. The maximum Gasteiger partial charge on any atom is 0.305 e. The first-order valence-corrected chi connectivity index (χ1v) is 12.3. The van der Waals surface area contributed by atoms with Crippen molar-refractivity contribution in [2.75, 3.05) is 28.7 Å². The Morgan fingerprint density at radius 3 is 2.51 bits per heavy atom. The number of hydrogen-bond donors (Lipinski definition) is 2. The molecule has 2 aromatic rings. The Balaban J connectivity index is 1.89. The molecule has 1 aliphatic heterocycles. The molecule has 0 bridgehead atoms. The SMILES string of the molecule is CCC(=O)N(C)c1ccc2c(n1)N(C(CC)c1ccccc1)C(=C1CCC1)C(=NCCC(=O)O)N2. The molecule has 1 saturated carbocycles. The molecule has 2 heterocycles. The third-order valence-corrected chi connectivity index (χ3v) is 6.60. The fraction of sp³-hybridized carbons (Fsp3) is 0.407. The summed E-state index contributed by atoms with van der Waals surface area (Å²) in [4.78, 5) is 37.1. The number of nitrogens with zero attached hydrogens (tertiary/aromatic N) is 4. The topological polar surface area (TPSA) is 98.1 Å². The van der Waals surface area contributed by atoms with Gasteiger partial charge < -0.3 is 15.3 Å². The minimum Gasteiger partial charge on any atom is -0.481 e. The zero-order valence-corrected chi connectivity index (χ0v) is 20.6. The van der Waals surface area contributed by atoms with Crippen LogP contribution < -0.4 is 15.1 Å². The third-order valence-electron chi connectivity index (χ3n) is 6.60. The number of aliphatic imine (C=N–C) groups is 1. The Morgan fingerprint density at radius 1 is 1.17 bits per heavy atom. The lowest BCUT2D eigenvalue weighted by Gasteiger charge is -2.42. The molecule has 35 heavy (non-hydrogen) atoms. The molecule has 0 spiro atoms. The lowest BCUT2D eigenvalue weighted by molar-refractivity contribution is -0.136. The molecule has 0 radical (unpaired) electrons. The molecule has 2 N–H and O–H groups in total. The van der Waals surface area contributed by atoms with Gasteiger partial charge >= 0.3 is 5.97 Å². The molecular weight excluding hydrogens is 442 g/mol. The molecule has 1 unspecified atom stereocenters. The molecule has 1 aromatic heterocycles. The number of anilines is 3. The van der Waals surface area contributed by atoms with Gasteiger partial charge in [-0.05, 0) is 49.0 Å². The predicted octanol–water partition coefficient (Wildman–Crippen LogP) is 5.15. The summed E-state index contributed by atoms with van der Waals surface area (Å²) in [6.45, 7) is 4.19. The highest BCUT2D eigenvalue weighted by Crippen LogP contribution is 2.44. The van der Waals surface area contributed by atoms with Crippen molar-refractivity contribution in [3.05, 3.63) is 59.3 Å². The van der Waals surface area contributed by atoms with Crippen molar-refractivity contribution < 1.29 is 14.7 Å². The third kappa shape index (κ3) is 5.06. The van der Waals surface area contributed by atoms with Gasteiger partial charge in [0.05, 0.1) is 30.4 Å². The first-order chi connectivity index (χ1) is 16.9. The van der Waals surface area contributed by atoms with Crippen LogP contribution in [0.25, 0.3) is 0 Å². The summed E-state index contributed by atoms with van der Waals surface area (Å²) in [5.74, 6) is 1.16. The Labute approximate surface area is 206 Å². The molecule has 1 amide bonds. The molecule has 184 valence electrons. The second-order valence-electron chi connectivity index (χ2n) is 8.86. The number of hydrogen-bond acceptors (Lipinski definition) is 5. The summed E-state index contributed by atoms with van der Waals surface area (Å²) < 4.78 is 0. The summed E-state index contributed by atoms with van der Waals surface area (Å²) in [6.07, 6.45) is 4.26. The van der Waals surface area contributed by atoms with Crippen molar-refractivity contribution in [2.24, 2.45) is 4.99 Å². The number of carbonyl (C=O) groups excluding carboxylic acids is 1. The Bertz CT molecular complexity index is 1150. The normalized spacial score (nSPS) is 16.9. The zero-order chi connectivity index (χ0) is 24.9. The quantitative estimate of drug-likeness (QED) is 0.548. The molecule has 2 aliphatic rings. The smallest absolute Gasteiger partial charge is 0.305 e. The average Bonchev–Trinajstić information content (AvgIpc) is 2.84. The number of benzene rings is 1. The van der Waals surface area contributed by atoms with E-state index in [4.69, 9.17) is 15.1 Å². The van der Waals surface area contributed by atoms with Crippen LogP contribution in [0.15, 0.2) is 58.7 Å². The van der Waals surface area contributed by atoms with Crippen LogP contribution in [-0.4, -0.2) is 41.4 Å². The zero-order valence-electron chi connectivity index (χ0n) is 20.6. The summed E-state index contributed by atoms with van der Waals surface area (Å²) in [5.41, 5.74) is 4.23. The van der Waals surface area contributed by atoms with Crippen LogP contribution in [0.1, 0.15) is 64.0 Å². The molecule has 8 heteroatoms. The van der Waals surface area contributed by atoms with Gasteiger partial charge in [0.25, 0.3) is 0 Å². The van der Waals surface area contributed by atoms with E-state index >= 15 is 0 Å². The molecule has 1 aliphatic carbocycles. The molecular formula is C27H33N5O3. The lowest BCUT2D eigenvalue weighted by Crippen LogP contribution is -2.41. The van der Waals surface area contributed by atoms with E-state index in [1.807, 2.05) is 37.3 Å². The number of carbonyl (C=O) groups is 2. The van der Waals surface area contributed by atoms with Crippen LogP contribution in [0, 0.1) is 0 Å². The van der Waals surface area contributed by atoms with Crippen LogP contribution in [0.3, 0.4) is 0 Å². The first kappa shape index (κ1) is 24.4. The van der Waals surface area contributed by atoms with Gasteiger partial charge in [-0.2, -0.15) is 0 Å². The number of amidine groups is 1. The Kier molecular flexibility index (Phi) is 7.48. The highest BCUT2D eigenvalue weighted by molar-refractivity contribution is 6.15. The van der Waals surface area contributed by atoms with Gasteiger partial charge in [0.2, 0.25) is 5.91 Å². The minimum absolute atomic E-state index is 0.000225. The van der Waals surface area contributed by atoms with Crippen molar-refractivity contribution >= 4 is 35.0 Å². The van der Waals surface area contributed by atoms with E-state index in [1.54, 1.807) is 11.9 Å². The van der Waals surface area contributed by atoms with E-state index < -0.39 is 5.97 Å². The number of nitrogens with one attached hydrogen (secondary N) is 1. The fourth-order valence-electron chi connectivity index (χ4n) is 4.53. The number of aliphatic carboxylic acids is 1. The number of pyridine rings is 1. The Hall–Kier alpha value is -3.68. The van der Waals surface area contributed by atoms with Gasteiger partial charge in [-0.1, -0.05) is 44.2 Å². The second kappa shape index (κ2) is 10.7. The lowest BCUT2D eigenvalue weighted by atomic mass is 9.87. The molecule has 8 nitrogen and oxygen atoms in total. The van der Waals surface area contributed by atoms with Crippen LogP contribution in [0.4, 0.5) is 17.3 Å². The van der Waals surface area contributed by atoms with Gasteiger partial charge in [-0.3, -0.25) is 19.5 Å². The van der Waals surface area contributed by atoms with Gasteiger partial charge in [0.15, 0.2) is 5.82 Å². The standard InChI is InChI=1S/C27H33N5O3/c1-4-21(18-10-7-6-8-11-18)32-25(19-12-9-13-19)26(28-17-16-24(34)35)29-20-14-15-22(30-27(20)32)31(3)23(33)5-2/h6-8,10-11,14-15,21H,4-5,9,12-13,16-17H2,1-3H3,(H,28,29)(H,34,35). The van der Waals surface area contributed by atoms with Crippen molar-refractivity contribution in [3.8, 4) is 0 Å². The van der Waals surface area contributed by atoms with Gasteiger partial charge in [-0.15, -0.1) is 0 Å². The van der Waals surface area contributed by atoms with E-state index in [0.29, 0.717) is 18.1 Å². The first-order valence-electron chi connectivity index (χ1n) is 12.3. The van der Waals surface area contributed by atoms with Gasteiger partial charge in [-0.25, -0.2) is 4.98 Å². The minimum atomic E-state index is -0.870. The van der Waals surface area contributed by atoms with Crippen molar-refractivity contribution in [3.63, 3.8) is 0 Å². The van der Waals surface area contributed by atoms with Crippen LogP contribution in [0.2, 0.25) is 0 Å². The number of fused-ring (bicyclic) bond motifs is 1. The van der Waals surface area contributed by atoms with E-state index in [0.717, 1.165) is 48.4 Å². The summed E-state index contributed by atoms with van der Waals surface area (Å²) in [5, 5.41) is 12.6. The predicted molar refractivity (Wildman–Crippen MR) is 139 cm³/mol. The van der Waals surface area contributed by atoms with Gasteiger partial charge in [0.1, 0.15) is 11.7 Å². The van der Waals surface area contributed by atoms with Crippen molar-refractivity contribution in [2.45, 2.75) is 58.4 Å². The fourth-order valence-corrected chi connectivity index (χ4v) is 4.53.